The van der Waals surface area contributed by atoms with Crippen LogP contribution in [0.5, 0.6) is 0 Å². The Morgan fingerprint density at radius 2 is 1.62 bits per heavy atom. The predicted molar refractivity (Wildman–Crippen MR) is 31.4 cm³/mol. The van der Waals surface area contributed by atoms with Crippen molar-refractivity contribution in [1.29, 1.82) is 0 Å². The topological polar surface area (TPSA) is 20.2 Å². The lowest BCUT2D eigenvalue weighted by Gasteiger charge is -2.19. The molecule has 1 nitrogen and oxygen atoms in total. The number of allylic oxidation sites excluding steroid dienone is 2. The Morgan fingerprint density at radius 1 is 1.12 bits per heavy atom. The molecular weight excluding hydrogens is 100 g/mol. The maximum absolute atomic E-state index is 9.07. The van der Waals surface area contributed by atoms with E-state index in [9.17, 15) is 0 Å². The highest BCUT2D eigenvalue weighted by Gasteiger charge is 2.34. The van der Waals surface area contributed by atoms with Gasteiger partial charge in [0.15, 0.2) is 0 Å². The van der Waals surface area contributed by atoms with Crippen LogP contribution in [0.15, 0.2) is 12.2 Å². The fourth-order valence-corrected chi connectivity index (χ4v) is 1.66. The van der Waals surface area contributed by atoms with Crippen molar-refractivity contribution in [3.05, 3.63) is 12.2 Å². The lowest BCUT2D eigenvalue weighted by atomic mass is 9.86. The third-order valence-corrected chi connectivity index (χ3v) is 2.24. The van der Waals surface area contributed by atoms with Crippen molar-refractivity contribution in [3.8, 4) is 0 Å². The molecule has 0 spiro atoms. The van der Waals surface area contributed by atoms with Crippen LogP contribution in [0.25, 0.3) is 0 Å². The number of hydrogen-bond donors (Lipinski definition) is 1. The van der Waals surface area contributed by atoms with Crippen LogP contribution in [-0.2, 0) is 0 Å². The fraction of sp³-hybridized carbons (Fsp3) is 0.714. The van der Waals surface area contributed by atoms with Crippen LogP contribution >= 0.6 is 0 Å². The van der Waals surface area contributed by atoms with E-state index in [-0.39, 0.29) is 6.10 Å². The van der Waals surface area contributed by atoms with Gasteiger partial charge in [-0.15, -0.1) is 0 Å². The summed E-state index contributed by atoms with van der Waals surface area (Å²) in [7, 11) is 0. The largest absolute Gasteiger partial charge is 0.393 e. The first kappa shape index (κ1) is 4.57. The number of rotatable bonds is 0. The number of aliphatic hydroxyl groups excluding tert-OH is 1. The molecule has 8 heavy (non-hydrogen) atoms. The smallest absolute Gasteiger partial charge is 0.0551 e. The number of hydrogen-bond acceptors (Lipinski definition) is 1. The summed E-state index contributed by atoms with van der Waals surface area (Å²) in [5.74, 6) is 1.48. The summed E-state index contributed by atoms with van der Waals surface area (Å²) in [6.45, 7) is 0. The molecular formula is C7H10O. The van der Waals surface area contributed by atoms with Gasteiger partial charge in [-0.25, -0.2) is 0 Å². The molecule has 2 unspecified atom stereocenters. The van der Waals surface area contributed by atoms with Gasteiger partial charge in [-0.1, -0.05) is 12.2 Å². The normalized spacial score (nSPS) is 50.9. The fourth-order valence-electron chi connectivity index (χ4n) is 1.66. The van der Waals surface area contributed by atoms with Gasteiger partial charge in [0.2, 0.25) is 0 Å². The highest BCUT2D eigenvalue weighted by molar-refractivity contribution is 5.13. The molecule has 0 aromatic carbocycles. The first-order chi connectivity index (χ1) is 3.86. The molecule has 0 heterocycles. The summed E-state index contributed by atoms with van der Waals surface area (Å²) < 4.78 is 0. The molecule has 2 aliphatic carbocycles. The lowest BCUT2D eigenvalue weighted by molar-refractivity contribution is 0.179. The third-order valence-electron chi connectivity index (χ3n) is 2.24. The van der Waals surface area contributed by atoms with Crippen LogP contribution < -0.4 is 0 Å². The van der Waals surface area contributed by atoms with E-state index in [1.54, 1.807) is 0 Å². The zero-order chi connectivity index (χ0) is 5.56. The van der Waals surface area contributed by atoms with Crippen LogP contribution in [0.1, 0.15) is 12.8 Å². The van der Waals surface area contributed by atoms with Gasteiger partial charge >= 0.3 is 0 Å². The quantitative estimate of drug-likeness (QED) is 0.460. The minimum Gasteiger partial charge on any atom is -0.393 e. The zero-order valence-electron chi connectivity index (χ0n) is 4.75. The van der Waals surface area contributed by atoms with Crippen molar-refractivity contribution < 1.29 is 5.11 Å². The molecule has 0 aromatic rings. The van der Waals surface area contributed by atoms with Gasteiger partial charge in [0.25, 0.3) is 0 Å². The molecule has 0 aliphatic heterocycles. The SMILES string of the molecule is OC1CC2C=CC2C1. The van der Waals surface area contributed by atoms with E-state index in [0.717, 1.165) is 24.7 Å². The van der Waals surface area contributed by atoms with Crippen molar-refractivity contribution in [3.63, 3.8) is 0 Å². The average Bonchev–Trinajstić information content (AvgIpc) is 1.91. The Bertz CT molecular complexity index is 114. The second-order valence-electron chi connectivity index (χ2n) is 2.84. The van der Waals surface area contributed by atoms with Crippen molar-refractivity contribution in [2.24, 2.45) is 11.8 Å². The summed E-state index contributed by atoms with van der Waals surface area (Å²) in [6.07, 6.45) is 6.45. The molecule has 2 rings (SSSR count). The monoisotopic (exact) mass is 110 g/mol. The van der Waals surface area contributed by atoms with Crippen LogP contribution in [-0.4, -0.2) is 11.2 Å². The van der Waals surface area contributed by atoms with Crippen LogP contribution in [0.2, 0.25) is 0 Å². The minimum absolute atomic E-state index is 0.000000000000000444. The highest BCUT2D eigenvalue weighted by Crippen LogP contribution is 2.40. The maximum atomic E-state index is 9.07. The van der Waals surface area contributed by atoms with Gasteiger partial charge < -0.3 is 5.11 Å². The Balaban J connectivity index is 2.09. The van der Waals surface area contributed by atoms with Crippen molar-refractivity contribution in [2.45, 2.75) is 18.9 Å². The van der Waals surface area contributed by atoms with E-state index in [4.69, 9.17) is 5.11 Å². The highest BCUT2D eigenvalue weighted by atomic mass is 16.3. The summed E-state index contributed by atoms with van der Waals surface area (Å²) in [5, 5.41) is 9.07. The van der Waals surface area contributed by atoms with E-state index in [0.29, 0.717) is 0 Å². The molecule has 2 atom stereocenters. The Labute approximate surface area is 49.0 Å². The van der Waals surface area contributed by atoms with Crippen LogP contribution in [0.3, 0.4) is 0 Å². The molecule has 0 bridgehead atoms. The van der Waals surface area contributed by atoms with Gasteiger partial charge in [0, 0.05) is 0 Å². The predicted octanol–water partition coefficient (Wildman–Crippen LogP) is 0.943. The van der Waals surface area contributed by atoms with Gasteiger partial charge in [-0.05, 0) is 24.7 Å². The number of aliphatic hydroxyl groups is 1. The third kappa shape index (κ3) is 0.451. The Hall–Kier alpha value is -0.300. The lowest BCUT2D eigenvalue weighted by Crippen LogP contribution is -2.09. The molecule has 0 saturated heterocycles. The van der Waals surface area contributed by atoms with E-state index in [1.165, 1.54) is 0 Å². The van der Waals surface area contributed by atoms with Gasteiger partial charge in [-0.3, -0.25) is 0 Å². The van der Waals surface area contributed by atoms with Gasteiger partial charge in [-0.2, -0.15) is 0 Å². The van der Waals surface area contributed by atoms with Crippen LogP contribution in [0.4, 0.5) is 0 Å². The summed E-state index contributed by atoms with van der Waals surface area (Å²) in [4.78, 5) is 0. The second kappa shape index (κ2) is 1.35. The standard InChI is InChI=1S/C7H10O/c8-7-3-5-1-2-6(5)4-7/h1-2,5-8H,3-4H2. The van der Waals surface area contributed by atoms with Crippen LogP contribution in [0, 0.1) is 11.8 Å². The molecule has 1 heteroatoms. The summed E-state index contributed by atoms with van der Waals surface area (Å²) in [5.41, 5.74) is 0. The number of fused-ring (bicyclic) bond motifs is 1. The van der Waals surface area contributed by atoms with Crippen molar-refractivity contribution in [2.75, 3.05) is 0 Å². The molecule has 44 valence electrons. The summed E-state index contributed by atoms with van der Waals surface area (Å²) >= 11 is 0. The molecule has 1 fully saturated rings. The summed E-state index contributed by atoms with van der Waals surface area (Å²) in [6, 6.07) is 0. The van der Waals surface area contributed by atoms with E-state index < -0.39 is 0 Å². The van der Waals surface area contributed by atoms with Crippen molar-refractivity contribution in [1.82, 2.24) is 0 Å². The second-order valence-corrected chi connectivity index (χ2v) is 2.84. The maximum Gasteiger partial charge on any atom is 0.0551 e. The van der Waals surface area contributed by atoms with E-state index in [1.807, 2.05) is 0 Å². The van der Waals surface area contributed by atoms with Crippen molar-refractivity contribution >= 4 is 0 Å². The Kier molecular flexibility index (Phi) is 0.770. The van der Waals surface area contributed by atoms with E-state index in [2.05, 4.69) is 12.2 Å². The molecule has 0 radical (unpaired) electrons. The van der Waals surface area contributed by atoms with Gasteiger partial charge in [0.1, 0.15) is 0 Å². The Morgan fingerprint density at radius 3 is 1.88 bits per heavy atom. The first-order valence-electron chi connectivity index (χ1n) is 3.22. The molecule has 1 saturated carbocycles. The average molecular weight is 110 g/mol. The first-order valence-corrected chi connectivity index (χ1v) is 3.22. The van der Waals surface area contributed by atoms with E-state index >= 15 is 0 Å². The molecule has 1 N–H and O–H groups in total. The minimum atomic E-state index is -0.000000000000000444. The molecule has 2 aliphatic rings. The molecule has 0 aromatic heterocycles. The van der Waals surface area contributed by atoms with Gasteiger partial charge in [0.05, 0.1) is 6.10 Å². The molecule has 0 amide bonds. The zero-order valence-corrected chi connectivity index (χ0v) is 4.75.